The molecule has 3 atom stereocenters. The van der Waals surface area contributed by atoms with Crippen LogP contribution in [0.25, 0.3) is 0 Å². The Hall–Kier alpha value is -1.07. The lowest BCUT2D eigenvalue weighted by atomic mass is 9.92. The van der Waals surface area contributed by atoms with Crippen molar-refractivity contribution in [2.24, 2.45) is 11.8 Å². The molecule has 1 aromatic carbocycles. The molecule has 0 unspecified atom stereocenters. The van der Waals surface area contributed by atoms with Crippen LogP contribution in [-0.4, -0.2) is 37.6 Å². The maximum Gasteiger partial charge on any atom is 0.240 e. The normalized spacial score (nSPS) is 23.6. The van der Waals surface area contributed by atoms with Crippen LogP contribution in [-0.2, 0) is 20.4 Å². The zero-order chi connectivity index (χ0) is 17.2. The second kappa shape index (κ2) is 7.22. The van der Waals surface area contributed by atoms with Crippen LogP contribution in [0.15, 0.2) is 24.3 Å². The topological polar surface area (TPSA) is 54.5 Å². The minimum absolute atomic E-state index is 0.167. The first-order valence-electron chi connectivity index (χ1n) is 7.94. The molecule has 6 heteroatoms. The van der Waals surface area contributed by atoms with Crippen molar-refractivity contribution >= 4 is 27.3 Å². The number of hydrogen-bond donors (Lipinski definition) is 0. The van der Waals surface area contributed by atoms with E-state index in [0.717, 1.165) is 6.42 Å². The van der Waals surface area contributed by atoms with Crippen molar-refractivity contribution < 1.29 is 13.2 Å². The van der Waals surface area contributed by atoms with Crippen molar-refractivity contribution in [2.45, 2.75) is 38.2 Å². The van der Waals surface area contributed by atoms with Crippen LogP contribution in [0.3, 0.4) is 0 Å². The Morgan fingerprint density at radius 1 is 1.30 bits per heavy atom. The summed E-state index contributed by atoms with van der Waals surface area (Å²) in [5, 5.41) is -0.533. The third-order valence-corrected chi connectivity index (χ3v) is 6.57. The van der Waals surface area contributed by atoms with Gasteiger partial charge in [0.2, 0.25) is 5.91 Å². The number of amides is 1. The molecule has 0 aromatic heterocycles. The number of piperidine rings is 1. The van der Waals surface area contributed by atoms with Crippen LogP contribution >= 0.6 is 11.6 Å². The predicted molar refractivity (Wildman–Crippen MR) is 93.1 cm³/mol. The SMILES string of the molecule is C[C@@H]1C[C@@H](C)CN(C(=O)[C@@H](C)S(=O)(=O)Cc2cccc(Cl)c2)C1. The summed E-state index contributed by atoms with van der Waals surface area (Å²) < 4.78 is 25.1. The minimum atomic E-state index is -3.56. The number of benzene rings is 1. The second-order valence-electron chi connectivity index (χ2n) is 6.77. The van der Waals surface area contributed by atoms with E-state index in [4.69, 9.17) is 11.6 Å². The van der Waals surface area contributed by atoms with Crippen molar-refractivity contribution in [2.75, 3.05) is 13.1 Å². The highest BCUT2D eigenvalue weighted by molar-refractivity contribution is 7.92. The van der Waals surface area contributed by atoms with Gasteiger partial charge in [-0.15, -0.1) is 0 Å². The molecule has 0 aliphatic carbocycles. The number of hydrogen-bond acceptors (Lipinski definition) is 3. The van der Waals surface area contributed by atoms with Crippen LogP contribution in [0.1, 0.15) is 32.8 Å². The van der Waals surface area contributed by atoms with Gasteiger partial charge in [0.15, 0.2) is 9.84 Å². The highest BCUT2D eigenvalue weighted by atomic mass is 35.5. The molecule has 1 fully saturated rings. The molecule has 23 heavy (non-hydrogen) atoms. The van der Waals surface area contributed by atoms with E-state index in [1.165, 1.54) is 6.92 Å². The molecule has 1 aliphatic rings. The van der Waals surface area contributed by atoms with Gasteiger partial charge in [-0.3, -0.25) is 4.79 Å². The quantitative estimate of drug-likeness (QED) is 0.831. The Bertz CT molecular complexity index is 664. The molecule has 4 nitrogen and oxygen atoms in total. The largest absolute Gasteiger partial charge is 0.341 e. The fraction of sp³-hybridized carbons (Fsp3) is 0.588. The monoisotopic (exact) mass is 357 g/mol. The maximum atomic E-state index is 12.6. The molecular formula is C17H24ClNO3S. The molecule has 2 rings (SSSR count). The Labute approximate surface area is 143 Å². The lowest BCUT2D eigenvalue weighted by molar-refractivity contribution is -0.133. The van der Waals surface area contributed by atoms with Gasteiger partial charge in [0, 0.05) is 18.1 Å². The van der Waals surface area contributed by atoms with E-state index in [2.05, 4.69) is 13.8 Å². The van der Waals surface area contributed by atoms with E-state index in [9.17, 15) is 13.2 Å². The average molecular weight is 358 g/mol. The van der Waals surface area contributed by atoms with Gasteiger partial charge in [-0.25, -0.2) is 8.42 Å². The first-order valence-corrected chi connectivity index (χ1v) is 10.0. The summed E-state index contributed by atoms with van der Waals surface area (Å²) in [5.74, 6) is 0.362. The number of rotatable bonds is 4. The summed E-state index contributed by atoms with van der Waals surface area (Å²) in [6.07, 6.45) is 1.08. The van der Waals surface area contributed by atoms with Crippen LogP contribution in [0.2, 0.25) is 5.02 Å². The van der Waals surface area contributed by atoms with E-state index in [1.54, 1.807) is 29.2 Å². The van der Waals surface area contributed by atoms with Gasteiger partial charge in [-0.1, -0.05) is 37.6 Å². The molecule has 1 saturated heterocycles. The summed E-state index contributed by atoms with van der Waals surface area (Å²) in [6, 6.07) is 6.75. The zero-order valence-corrected chi connectivity index (χ0v) is 15.4. The van der Waals surface area contributed by atoms with Crippen molar-refractivity contribution in [1.29, 1.82) is 0 Å². The Morgan fingerprint density at radius 2 is 1.91 bits per heavy atom. The van der Waals surface area contributed by atoms with Gasteiger partial charge in [0.05, 0.1) is 5.75 Å². The average Bonchev–Trinajstić information content (AvgIpc) is 2.44. The van der Waals surface area contributed by atoms with Crippen molar-refractivity contribution in [3.63, 3.8) is 0 Å². The molecule has 0 N–H and O–H groups in total. The van der Waals surface area contributed by atoms with Gasteiger partial charge in [-0.2, -0.15) is 0 Å². The van der Waals surface area contributed by atoms with Gasteiger partial charge in [0.25, 0.3) is 0 Å². The molecule has 128 valence electrons. The highest BCUT2D eigenvalue weighted by Crippen LogP contribution is 2.23. The zero-order valence-electron chi connectivity index (χ0n) is 13.8. The molecule has 1 aromatic rings. The minimum Gasteiger partial charge on any atom is -0.341 e. The molecule has 1 heterocycles. The Balaban J connectivity index is 2.11. The van der Waals surface area contributed by atoms with Crippen molar-refractivity contribution in [3.05, 3.63) is 34.9 Å². The van der Waals surface area contributed by atoms with Crippen LogP contribution in [0.4, 0.5) is 0 Å². The summed E-state index contributed by atoms with van der Waals surface area (Å²) >= 11 is 5.90. The van der Waals surface area contributed by atoms with Gasteiger partial charge in [-0.05, 0) is 42.9 Å². The fourth-order valence-corrected chi connectivity index (χ4v) is 4.80. The van der Waals surface area contributed by atoms with E-state index < -0.39 is 15.1 Å². The van der Waals surface area contributed by atoms with Crippen molar-refractivity contribution in [3.8, 4) is 0 Å². The highest BCUT2D eigenvalue weighted by Gasteiger charge is 2.34. The number of sulfone groups is 1. The molecule has 1 amide bonds. The molecule has 1 aliphatic heterocycles. The Morgan fingerprint density at radius 3 is 2.48 bits per heavy atom. The third-order valence-electron chi connectivity index (χ3n) is 4.32. The predicted octanol–water partition coefficient (Wildman–Crippen LogP) is 3.15. The summed E-state index contributed by atoms with van der Waals surface area (Å²) in [6.45, 7) is 6.97. The molecule has 0 bridgehead atoms. The third kappa shape index (κ3) is 4.70. The lowest BCUT2D eigenvalue weighted by Crippen LogP contribution is -2.48. The number of nitrogens with zero attached hydrogens (tertiary/aromatic N) is 1. The van der Waals surface area contributed by atoms with E-state index in [0.29, 0.717) is 35.5 Å². The number of carbonyl (C=O) groups excluding carboxylic acids is 1. The smallest absolute Gasteiger partial charge is 0.240 e. The first kappa shape index (κ1) is 18.3. The summed E-state index contributed by atoms with van der Waals surface area (Å²) in [5.41, 5.74) is 0.609. The standard InChI is InChI=1S/C17H24ClNO3S/c1-12-7-13(2)10-19(9-12)17(20)14(3)23(21,22)11-15-5-4-6-16(18)8-15/h4-6,8,12-14H,7,9-11H2,1-3H3/t12-,13-,14-/m1/s1. The Kier molecular flexibility index (Phi) is 5.74. The van der Waals surface area contributed by atoms with E-state index in [1.807, 2.05) is 0 Å². The van der Waals surface area contributed by atoms with Gasteiger partial charge in [0.1, 0.15) is 5.25 Å². The molecule has 0 spiro atoms. The first-order chi connectivity index (χ1) is 10.7. The maximum absolute atomic E-state index is 12.6. The van der Waals surface area contributed by atoms with Gasteiger partial charge >= 0.3 is 0 Å². The van der Waals surface area contributed by atoms with Crippen LogP contribution in [0.5, 0.6) is 0 Å². The molecular weight excluding hydrogens is 334 g/mol. The van der Waals surface area contributed by atoms with Crippen LogP contribution < -0.4 is 0 Å². The number of likely N-dealkylation sites (tertiary alicyclic amines) is 1. The summed E-state index contributed by atoms with van der Waals surface area (Å²) in [4.78, 5) is 14.3. The number of carbonyl (C=O) groups is 1. The van der Waals surface area contributed by atoms with Crippen molar-refractivity contribution in [1.82, 2.24) is 4.90 Å². The summed E-state index contributed by atoms with van der Waals surface area (Å²) in [7, 11) is -3.56. The molecule has 0 saturated carbocycles. The number of halogens is 1. The van der Waals surface area contributed by atoms with Gasteiger partial charge < -0.3 is 4.90 Å². The second-order valence-corrected chi connectivity index (χ2v) is 9.53. The van der Waals surface area contributed by atoms with Crippen LogP contribution in [0, 0.1) is 11.8 Å². The fourth-order valence-electron chi connectivity index (χ4n) is 3.24. The molecule has 0 radical (unpaired) electrons. The van der Waals surface area contributed by atoms with E-state index in [-0.39, 0.29) is 11.7 Å². The van der Waals surface area contributed by atoms with E-state index >= 15 is 0 Å². The lowest BCUT2D eigenvalue weighted by Gasteiger charge is -2.36.